The molecule has 0 aliphatic rings. The van der Waals surface area contributed by atoms with Gasteiger partial charge in [0.1, 0.15) is 23.2 Å². The van der Waals surface area contributed by atoms with E-state index >= 15 is 0 Å². The molecular formula is C25H19Cl3F2N2O2S. The second-order valence-electron chi connectivity index (χ2n) is 8.46. The number of sulfone groups is 1. The quantitative estimate of drug-likeness (QED) is 0.233. The van der Waals surface area contributed by atoms with Crippen molar-refractivity contribution < 1.29 is 17.2 Å². The summed E-state index contributed by atoms with van der Waals surface area (Å²) in [5, 5.41) is 0.557. The molecule has 4 nitrogen and oxygen atoms in total. The predicted molar refractivity (Wildman–Crippen MR) is 134 cm³/mol. The number of imidazole rings is 1. The van der Waals surface area contributed by atoms with Gasteiger partial charge in [0.25, 0.3) is 0 Å². The van der Waals surface area contributed by atoms with Gasteiger partial charge in [0.15, 0.2) is 9.84 Å². The third-order valence-corrected chi connectivity index (χ3v) is 8.58. The predicted octanol–water partition coefficient (Wildman–Crippen LogP) is 7.41. The highest BCUT2D eigenvalue weighted by atomic mass is 35.5. The first-order valence-electron chi connectivity index (χ1n) is 10.4. The van der Waals surface area contributed by atoms with Gasteiger partial charge < -0.3 is 0 Å². The zero-order valence-electron chi connectivity index (χ0n) is 18.6. The molecule has 0 saturated carbocycles. The Bertz CT molecular complexity index is 1520. The van der Waals surface area contributed by atoms with E-state index in [-0.39, 0.29) is 15.7 Å². The molecule has 0 unspecified atom stereocenters. The lowest BCUT2D eigenvalue weighted by atomic mass is 9.81. The van der Waals surface area contributed by atoms with E-state index in [0.717, 1.165) is 23.8 Å². The van der Waals surface area contributed by atoms with Gasteiger partial charge in [-0.15, -0.1) is 0 Å². The zero-order valence-corrected chi connectivity index (χ0v) is 21.7. The third-order valence-electron chi connectivity index (χ3n) is 5.75. The van der Waals surface area contributed by atoms with Gasteiger partial charge in [-0.2, -0.15) is 0 Å². The molecule has 0 saturated heterocycles. The minimum Gasteiger partial charge on any atom is -0.299 e. The van der Waals surface area contributed by atoms with E-state index in [1.165, 1.54) is 24.3 Å². The molecule has 0 bridgehead atoms. The molecule has 0 spiro atoms. The maximum absolute atomic E-state index is 13.7. The fourth-order valence-corrected chi connectivity index (χ4v) is 5.97. The normalized spacial score (nSPS) is 12.2. The number of aromatic nitrogens is 2. The Morgan fingerprint density at radius 1 is 0.857 bits per heavy atom. The highest BCUT2D eigenvalue weighted by Gasteiger charge is 2.31. The van der Waals surface area contributed by atoms with Crippen LogP contribution in [0.2, 0.25) is 15.1 Å². The van der Waals surface area contributed by atoms with Crippen LogP contribution in [0.5, 0.6) is 0 Å². The molecule has 10 heteroatoms. The van der Waals surface area contributed by atoms with Crippen molar-refractivity contribution in [2.75, 3.05) is 0 Å². The van der Waals surface area contributed by atoms with Crippen LogP contribution in [-0.4, -0.2) is 18.0 Å². The van der Waals surface area contributed by atoms with Crippen molar-refractivity contribution in [1.82, 2.24) is 9.55 Å². The first-order valence-corrected chi connectivity index (χ1v) is 13.1. The van der Waals surface area contributed by atoms with Crippen molar-refractivity contribution in [3.05, 3.63) is 111 Å². The van der Waals surface area contributed by atoms with E-state index in [9.17, 15) is 17.2 Å². The highest BCUT2D eigenvalue weighted by Crippen LogP contribution is 2.37. The van der Waals surface area contributed by atoms with Crippen molar-refractivity contribution >= 4 is 44.6 Å². The summed E-state index contributed by atoms with van der Waals surface area (Å²) in [6, 6.07) is 14.0. The van der Waals surface area contributed by atoms with Crippen molar-refractivity contribution in [2.24, 2.45) is 0 Å². The van der Waals surface area contributed by atoms with Crippen LogP contribution in [0.4, 0.5) is 8.78 Å². The van der Waals surface area contributed by atoms with Gasteiger partial charge in [0, 0.05) is 17.3 Å². The molecule has 0 aliphatic carbocycles. The number of rotatable bonds is 6. The lowest BCUT2D eigenvalue weighted by molar-refractivity contribution is 0.585. The molecule has 0 aliphatic heterocycles. The van der Waals surface area contributed by atoms with Crippen LogP contribution < -0.4 is 0 Å². The van der Waals surface area contributed by atoms with Crippen LogP contribution in [0.25, 0.3) is 5.69 Å². The average Bonchev–Trinajstić information content (AvgIpc) is 3.19. The molecule has 182 valence electrons. The topological polar surface area (TPSA) is 52.0 Å². The summed E-state index contributed by atoms with van der Waals surface area (Å²) in [4.78, 5) is 4.21. The van der Waals surface area contributed by atoms with Gasteiger partial charge in [-0.3, -0.25) is 4.57 Å². The monoisotopic (exact) mass is 554 g/mol. The van der Waals surface area contributed by atoms with Crippen LogP contribution in [0.3, 0.4) is 0 Å². The molecular weight excluding hydrogens is 537 g/mol. The Morgan fingerprint density at radius 3 is 2.14 bits per heavy atom. The van der Waals surface area contributed by atoms with Crippen molar-refractivity contribution in [3.63, 3.8) is 0 Å². The van der Waals surface area contributed by atoms with E-state index in [1.807, 2.05) is 19.9 Å². The van der Waals surface area contributed by atoms with Gasteiger partial charge in [-0.25, -0.2) is 22.2 Å². The SMILES string of the molecule is CC(C)(c1ccc(Cl)c(Cl)c1)c1cnc(CS(=O)(=O)c2ccc(F)cc2Cl)n1-c1ccc(F)cc1. The zero-order chi connectivity index (χ0) is 25.5. The number of hydrogen-bond acceptors (Lipinski definition) is 3. The van der Waals surface area contributed by atoms with Crippen molar-refractivity contribution in [3.8, 4) is 5.69 Å². The first-order chi connectivity index (χ1) is 16.4. The van der Waals surface area contributed by atoms with Gasteiger partial charge in [0.05, 0.1) is 25.7 Å². The molecule has 0 amide bonds. The van der Waals surface area contributed by atoms with Crippen LogP contribution in [0, 0.1) is 11.6 Å². The van der Waals surface area contributed by atoms with Gasteiger partial charge in [0.2, 0.25) is 0 Å². The molecule has 4 aromatic rings. The largest absolute Gasteiger partial charge is 0.299 e. The molecule has 3 aromatic carbocycles. The lowest BCUT2D eigenvalue weighted by Crippen LogP contribution is -2.24. The molecule has 1 heterocycles. The average molecular weight is 556 g/mol. The van der Waals surface area contributed by atoms with Crippen LogP contribution in [0.1, 0.15) is 30.9 Å². The Morgan fingerprint density at radius 2 is 1.51 bits per heavy atom. The fourth-order valence-electron chi connectivity index (χ4n) is 3.82. The summed E-state index contributed by atoms with van der Waals surface area (Å²) < 4.78 is 55.3. The smallest absolute Gasteiger partial charge is 0.187 e. The Hall–Kier alpha value is -2.45. The molecule has 35 heavy (non-hydrogen) atoms. The molecule has 0 N–H and O–H groups in total. The molecule has 0 atom stereocenters. The van der Waals surface area contributed by atoms with Gasteiger partial charge in [-0.05, 0) is 60.2 Å². The maximum Gasteiger partial charge on any atom is 0.187 e. The summed E-state index contributed by atoms with van der Waals surface area (Å²) in [7, 11) is -4.00. The summed E-state index contributed by atoms with van der Waals surface area (Å²) in [5.74, 6) is -1.42. The third kappa shape index (κ3) is 5.09. The van der Waals surface area contributed by atoms with E-state index in [1.54, 1.807) is 22.9 Å². The van der Waals surface area contributed by atoms with Crippen molar-refractivity contribution in [2.45, 2.75) is 29.9 Å². The Kier molecular flexibility index (Phi) is 6.99. The van der Waals surface area contributed by atoms with Crippen LogP contribution in [0.15, 0.2) is 71.8 Å². The standard InChI is InChI=1S/C25H19Cl3F2N2O2S/c1-25(2,15-3-9-19(26)20(27)11-15)23-13-31-24(32(23)18-7-4-16(29)5-8-18)14-35(33,34)22-10-6-17(30)12-21(22)28/h3-13H,14H2,1-2H3. The van der Waals surface area contributed by atoms with Gasteiger partial charge >= 0.3 is 0 Å². The first kappa shape index (κ1) is 25.6. The number of halogens is 5. The van der Waals surface area contributed by atoms with Gasteiger partial charge in [-0.1, -0.05) is 54.7 Å². The molecule has 0 fully saturated rings. The maximum atomic E-state index is 13.7. The minimum absolute atomic E-state index is 0.181. The second-order valence-corrected chi connectivity index (χ2v) is 11.6. The van der Waals surface area contributed by atoms with Crippen LogP contribution >= 0.6 is 34.8 Å². The second kappa shape index (κ2) is 9.54. The number of nitrogens with zero attached hydrogens (tertiary/aromatic N) is 2. The molecule has 1 aromatic heterocycles. The summed E-state index contributed by atoms with van der Waals surface area (Å²) in [5.41, 5.74) is 1.26. The fraction of sp³-hybridized carbons (Fsp3) is 0.160. The number of hydrogen-bond donors (Lipinski definition) is 0. The summed E-state index contributed by atoms with van der Waals surface area (Å²) in [6.45, 7) is 3.86. The van der Waals surface area contributed by atoms with E-state index in [0.29, 0.717) is 21.4 Å². The van der Waals surface area contributed by atoms with Crippen LogP contribution in [-0.2, 0) is 21.0 Å². The summed E-state index contributed by atoms with van der Waals surface area (Å²) in [6.07, 6.45) is 1.57. The number of benzene rings is 3. The Labute approximate surface area is 217 Å². The van der Waals surface area contributed by atoms with E-state index in [4.69, 9.17) is 34.8 Å². The highest BCUT2D eigenvalue weighted by molar-refractivity contribution is 7.90. The lowest BCUT2D eigenvalue weighted by Gasteiger charge is -2.28. The van der Waals surface area contributed by atoms with Crippen molar-refractivity contribution in [1.29, 1.82) is 0 Å². The summed E-state index contributed by atoms with van der Waals surface area (Å²) >= 11 is 18.4. The Balaban J connectivity index is 1.87. The molecule has 4 rings (SSSR count). The van der Waals surface area contributed by atoms with E-state index in [2.05, 4.69) is 4.98 Å². The molecule has 0 radical (unpaired) electrons. The van der Waals surface area contributed by atoms with E-state index < -0.39 is 32.6 Å². The minimum atomic E-state index is -4.00.